The van der Waals surface area contributed by atoms with Gasteiger partial charge in [0.2, 0.25) is 0 Å². The minimum atomic E-state index is 0.120. The van der Waals surface area contributed by atoms with E-state index in [-0.39, 0.29) is 5.78 Å². The van der Waals surface area contributed by atoms with Crippen molar-refractivity contribution in [2.24, 2.45) is 0 Å². The van der Waals surface area contributed by atoms with Crippen molar-refractivity contribution in [1.82, 2.24) is 0 Å². The van der Waals surface area contributed by atoms with E-state index in [4.69, 9.17) is 4.74 Å². The van der Waals surface area contributed by atoms with Gasteiger partial charge in [0.1, 0.15) is 5.75 Å². The van der Waals surface area contributed by atoms with Gasteiger partial charge in [0.05, 0.1) is 6.61 Å². The minimum Gasteiger partial charge on any atom is -0.494 e. The number of hydrogen-bond donors (Lipinski definition) is 0. The van der Waals surface area contributed by atoms with Crippen LogP contribution in [0.2, 0.25) is 0 Å². The van der Waals surface area contributed by atoms with Crippen molar-refractivity contribution in [2.75, 3.05) is 6.61 Å². The van der Waals surface area contributed by atoms with Crippen LogP contribution in [0.1, 0.15) is 37.0 Å². The summed E-state index contributed by atoms with van der Waals surface area (Å²) in [6.45, 7) is 8.42. The molecule has 1 aromatic rings. The Balaban J connectivity index is 2.66. The average Bonchev–Trinajstić information content (AvgIpc) is 2.30. The SMILES string of the molecule is C=C(CC)CC(=O)c1ccc(OCC)cc1. The van der Waals surface area contributed by atoms with Crippen LogP contribution < -0.4 is 4.74 Å². The molecule has 0 spiro atoms. The molecule has 2 heteroatoms. The van der Waals surface area contributed by atoms with Crippen LogP contribution >= 0.6 is 0 Å². The molecule has 0 aliphatic heterocycles. The summed E-state index contributed by atoms with van der Waals surface area (Å²) < 4.78 is 5.31. The highest BCUT2D eigenvalue weighted by Gasteiger charge is 2.06. The summed E-state index contributed by atoms with van der Waals surface area (Å²) >= 11 is 0. The summed E-state index contributed by atoms with van der Waals surface area (Å²) in [7, 11) is 0. The van der Waals surface area contributed by atoms with Gasteiger partial charge in [-0.2, -0.15) is 0 Å². The fourth-order valence-corrected chi connectivity index (χ4v) is 1.36. The molecule has 0 saturated heterocycles. The van der Waals surface area contributed by atoms with Crippen LogP contribution in [0.25, 0.3) is 0 Å². The molecule has 0 bridgehead atoms. The highest BCUT2D eigenvalue weighted by atomic mass is 16.5. The van der Waals surface area contributed by atoms with Crippen LogP contribution in [0.3, 0.4) is 0 Å². The molecule has 0 N–H and O–H groups in total. The van der Waals surface area contributed by atoms with Crippen molar-refractivity contribution in [2.45, 2.75) is 26.7 Å². The summed E-state index contributed by atoms with van der Waals surface area (Å²) in [5.41, 5.74) is 1.69. The highest BCUT2D eigenvalue weighted by molar-refractivity contribution is 5.97. The van der Waals surface area contributed by atoms with Crippen LogP contribution in [0.5, 0.6) is 5.75 Å². The molecular weight excluding hydrogens is 200 g/mol. The molecule has 0 fully saturated rings. The second-order valence-corrected chi connectivity index (χ2v) is 3.66. The number of Topliss-reactive ketones (excluding diaryl/α,β-unsaturated/α-hetero) is 1. The van der Waals surface area contributed by atoms with Gasteiger partial charge >= 0.3 is 0 Å². The number of benzene rings is 1. The fraction of sp³-hybridized carbons (Fsp3) is 0.357. The second kappa shape index (κ2) is 6.11. The quantitative estimate of drug-likeness (QED) is 0.538. The zero-order valence-corrected chi connectivity index (χ0v) is 9.95. The summed E-state index contributed by atoms with van der Waals surface area (Å²) in [6.07, 6.45) is 1.28. The largest absolute Gasteiger partial charge is 0.494 e. The first-order chi connectivity index (χ1) is 7.67. The molecule has 0 radical (unpaired) electrons. The first-order valence-electron chi connectivity index (χ1n) is 5.60. The van der Waals surface area contributed by atoms with Gasteiger partial charge in [0.25, 0.3) is 0 Å². The Morgan fingerprint density at radius 1 is 1.25 bits per heavy atom. The van der Waals surface area contributed by atoms with Gasteiger partial charge in [0.15, 0.2) is 5.78 Å². The predicted octanol–water partition coefficient (Wildman–Crippen LogP) is 3.62. The highest BCUT2D eigenvalue weighted by Crippen LogP contribution is 2.15. The van der Waals surface area contributed by atoms with Crippen molar-refractivity contribution >= 4 is 5.78 Å². The number of ether oxygens (including phenoxy) is 1. The van der Waals surface area contributed by atoms with Gasteiger partial charge in [-0.1, -0.05) is 19.1 Å². The lowest BCUT2D eigenvalue weighted by molar-refractivity contribution is 0.0992. The summed E-state index contributed by atoms with van der Waals surface area (Å²) in [5.74, 6) is 0.920. The Labute approximate surface area is 96.9 Å². The van der Waals surface area contributed by atoms with Gasteiger partial charge in [-0.05, 0) is 37.6 Å². The lowest BCUT2D eigenvalue weighted by atomic mass is 10.0. The van der Waals surface area contributed by atoms with Crippen LogP contribution in [-0.2, 0) is 0 Å². The molecular formula is C14H18O2. The van der Waals surface area contributed by atoms with Crippen molar-refractivity contribution in [3.8, 4) is 5.75 Å². The molecule has 86 valence electrons. The Kier molecular flexibility index (Phi) is 4.77. The van der Waals surface area contributed by atoms with Crippen molar-refractivity contribution in [3.63, 3.8) is 0 Å². The van der Waals surface area contributed by atoms with Gasteiger partial charge < -0.3 is 4.74 Å². The molecule has 1 rings (SSSR count). The monoisotopic (exact) mass is 218 g/mol. The molecule has 0 unspecified atom stereocenters. The summed E-state index contributed by atoms with van der Waals surface area (Å²) in [6, 6.07) is 7.25. The smallest absolute Gasteiger partial charge is 0.166 e. The second-order valence-electron chi connectivity index (χ2n) is 3.66. The van der Waals surface area contributed by atoms with Gasteiger partial charge in [-0.25, -0.2) is 0 Å². The van der Waals surface area contributed by atoms with E-state index in [1.165, 1.54) is 0 Å². The number of carbonyl (C=O) groups is 1. The molecule has 0 heterocycles. The normalized spacial score (nSPS) is 9.88. The van der Waals surface area contributed by atoms with E-state index in [1.54, 1.807) is 12.1 Å². The Morgan fingerprint density at radius 3 is 2.38 bits per heavy atom. The van der Waals surface area contributed by atoms with E-state index in [0.717, 1.165) is 23.3 Å². The molecule has 0 saturated carbocycles. The fourth-order valence-electron chi connectivity index (χ4n) is 1.36. The number of hydrogen-bond acceptors (Lipinski definition) is 2. The molecule has 16 heavy (non-hydrogen) atoms. The third-order valence-corrected chi connectivity index (χ3v) is 2.40. The third-order valence-electron chi connectivity index (χ3n) is 2.40. The zero-order valence-electron chi connectivity index (χ0n) is 9.95. The van der Waals surface area contributed by atoms with Gasteiger partial charge in [0, 0.05) is 12.0 Å². The Bertz CT molecular complexity index is 363. The van der Waals surface area contributed by atoms with E-state index in [0.29, 0.717) is 13.0 Å². The lowest BCUT2D eigenvalue weighted by Crippen LogP contribution is -2.00. The van der Waals surface area contributed by atoms with E-state index in [1.807, 2.05) is 26.0 Å². The van der Waals surface area contributed by atoms with Crippen molar-refractivity contribution in [3.05, 3.63) is 42.0 Å². The molecule has 2 nitrogen and oxygen atoms in total. The maximum atomic E-state index is 11.8. The Hall–Kier alpha value is -1.57. The number of ketones is 1. The molecule has 0 aromatic heterocycles. The van der Waals surface area contributed by atoms with Gasteiger partial charge in [-0.3, -0.25) is 4.79 Å². The van der Waals surface area contributed by atoms with Crippen molar-refractivity contribution in [1.29, 1.82) is 0 Å². The maximum Gasteiger partial charge on any atom is 0.166 e. The maximum absolute atomic E-state index is 11.8. The zero-order chi connectivity index (χ0) is 12.0. The molecule has 0 aliphatic rings. The number of rotatable bonds is 6. The van der Waals surface area contributed by atoms with E-state index >= 15 is 0 Å². The van der Waals surface area contributed by atoms with Crippen LogP contribution in [0.4, 0.5) is 0 Å². The van der Waals surface area contributed by atoms with Gasteiger partial charge in [-0.15, -0.1) is 0 Å². The summed E-state index contributed by atoms with van der Waals surface area (Å²) in [4.78, 5) is 11.8. The molecule has 1 aromatic carbocycles. The predicted molar refractivity (Wildman–Crippen MR) is 66.0 cm³/mol. The van der Waals surface area contributed by atoms with E-state index in [2.05, 4.69) is 6.58 Å². The third kappa shape index (κ3) is 3.54. The minimum absolute atomic E-state index is 0.120. The van der Waals surface area contributed by atoms with Crippen LogP contribution in [-0.4, -0.2) is 12.4 Å². The topological polar surface area (TPSA) is 26.3 Å². The first-order valence-corrected chi connectivity index (χ1v) is 5.60. The van der Waals surface area contributed by atoms with Crippen LogP contribution in [0, 0.1) is 0 Å². The molecule has 0 atom stereocenters. The first kappa shape index (κ1) is 12.5. The average molecular weight is 218 g/mol. The van der Waals surface area contributed by atoms with E-state index in [9.17, 15) is 4.79 Å². The van der Waals surface area contributed by atoms with Crippen molar-refractivity contribution < 1.29 is 9.53 Å². The Morgan fingerprint density at radius 2 is 1.88 bits per heavy atom. The van der Waals surface area contributed by atoms with Crippen LogP contribution in [0.15, 0.2) is 36.4 Å². The lowest BCUT2D eigenvalue weighted by Gasteiger charge is -2.05. The molecule has 0 aliphatic carbocycles. The summed E-state index contributed by atoms with van der Waals surface area (Å²) in [5, 5.41) is 0. The molecule has 0 amide bonds. The standard InChI is InChI=1S/C14H18O2/c1-4-11(3)10-14(15)12-6-8-13(9-7-12)16-5-2/h6-9H,3-5,10H2,1-2H3. The van der Waals surface area contributed by atoms with E-state index < -0.39 is 0 Å². The number of allylic oxidation sites excluding steroid dienone is 1. The number of carbonyl (C=O) groups excluding carboxylic acids is 1.